The third kappa shape index (κ3) is 5.68. The van der Waals surface area contributed by atoms with Crippen LogP contribution < -0.4 is 10.1 Å². The summed E-state index contributed by atoms with van der Waals surface area (Å²) >= 11 is 5.91. The predicted molar refractivity (Wildman–Crippen MR) is 99.1 cm³/mol. The number of nitro benzene ring substituents is 1. The van der Waals surface area contributed by atoms with E-state index in [0.29, 0.717) is 21.9 Å². The predicted octanol–water partition coefficient (Wildman–Crippen LogP) is 3.29. The van der Waals surface area contributed by atoms with Crippen molar-refractivity contribution in [3.05, 3.63) is 62.7 Å². The molecule has 0 saturated heterocycles. The molecule has 8 nitrogen and oxygen atoms in total. The number of aryl methyl sites for hydroxylation is 1. The van der Waals surface area contributed by atoms with Crippen molar-refractivity contribution < 1.29 is 24.0 Å². The molecule has 0 radical (unpaired) electrons. The summed E-state index contributed by atoms with van der Waals surface area (Å²) in [6, 6.07) is 8.93. The topological polar surface area (TPSA) is 108 Å². The van der Waals surface area contributed by atoms with Gasteiger partial charge in [-0.2, -0.15) is 0 Å². The van der Waals surface area contributed by atoms with Gasteiger partial charge in [-0.1, -0.05) is 17.7 Å². The monoisotopic (exact) mass is 392 g/mol. The van der Waals surface area contributed by atoms with Gasteiger partial charge in [0.1, 0.15) is 5.75 Å². The van der Waals surface area contributed by atoms with Crippen LogP contribution in [0.15, 0.2) is 36.4 Å². The molecule has 0 aromatic heterocycles. The number of non-ortho nitro benzene ring substituents is 1. The first kappa shape index (κ1) is 20.2. The Morgan fingerprint density at radius 2 is 1.96 bits per heavy atom. The van der Waals surface area contributed by atoms with Gasteiger partial charge in [0.25, 0.3) is 11.6 Å². The molecule has 0 aliphatic heterocycles. The number of esters is 1. The molecule has 0 aliphatic rings. The van der Waals surface area contributed by atoms with E-state index in [4.69, 9.17) is 21.1 Å². The van der Waals surface area contributed by atoms with Gasteiger partial charge in [-0.25, -0.2) is 0 Å². The lowest BCUT2D eigenvalue weighted by molar-refractivity contribution is -0.384. The molecule has 9 heteroatoms. The summed E-state index contributed by atoms with van der Waals surface area (Å²) in [4.78, 5) is 34.2. The van der Waals surface area contributed by atoms with Crippen molar-refractivity contribution in [2.75, 3.05) is 19.0 Å². The van der Waals surface area contributed by atoms with E-state index in [-0.39, 0.29) is 17.8 Å². The van der Waals surface area contributed by atoms with Gasteiger partial charge in [0.2, 0.25) is 0 Å². The molecule has 0 atom stereocenters. The summed E-state index contributed by atoms with van der Waals surface area (Å²) in [6.07, 6.45) is -0.118. The summed E-state index contributed by atoms with van der Waals surface area (Å²) in [5.74, 6) is -0.764. The van der Waals surface area contributed by atoms with Crippen LogP contribution in [0.2, 0.25) is 5.02 Å². The molecule has 0 spiro atoms. The highest BCUT2D eigenvalue weighted by Gasteiger charge is 2.14. The number of amides is 1. The van der Waals surface area contributed by atoms with E-state index in [2.05, 4.69) is 5.32 Å². The molecular weight excluding hydrogens is 376 g/mol. The lowest BCUT2D eigenvalue weighted by atomic mass is 10.1. The van der Waals surface area contributed by atoms with Crippen LogP contribution in [0.5, 0.6) is 5.75 Å². The van der Waals surface area contributed by atoms with E-state index in [9.17, 15) is 19.7 Å². The molecular formula is C18H17ClN2O6. The fourth-order valence-corrected chi connectivity index (χ4v) is 2.48. The lowest BCUT2D eigenvalue weighted by Gasteiger charge is -2.10. The number of anilines is 1. The lowest BCUT2D eigenvalue weighted by Crippen LogP contribution is -2.22. The number of carbonyl (C=O) groups is 2. The SMILES string of the molecule is COc1ccc(Cl)cc1CC(=O)OCC(=O)Nc1cc([N+](=O)[O-])ccc1C. The van der Waals surface area contributed by atoms with Gasteiger partial charge in [0.05, 0.1) is 24.1 Å². The maximum absolute atomic E-state index is 12.0. The van der Waals surface area contributed by atoms with Crippen molar-refractivity contribution in [3.63, 3.8) is 0 Å². The van der Waals surface area contributed by atoms with Gasteiger partial charge in [-0.3, -0.25) is 19.7 Å². The number of benzene rings is 2. The molecule has 1 amide bonds. The number of hydrogen-bond acceptors (Lipinski definition) is 6. The Balaban J connectivity index is 1.94. The Bertz CT molecular complexity index is 884. The van der Waals surface area contributed by atoms with Crippen LogP contribution >= 0.6 is 11.6 Å². The van der Waals surface area contributed by atoms with Crippen LogP contribution in [0.3, 0.4) is 0 Å². The highest BCUT2D eigenvalue weighted by molar-refractivity contribution is 6.30. The molecule has 2 aromatic carbocycles. The van der Waals surface area contributed by atoms with Gasteiger partial charge < -0.3 is 14.8 Å². The number of hydrogen-bond donors (Lipinski definition) is 1. The maximum atomic E-state index is 12.0. The molecule has 1 N–H and O–H groups in total. The normalized spacial score (nSPS) is 10.2. The molecule has 2 aromatic rings. The largest absolute Gasteiger partial charge is 0.496 e. The molecule has 0 fully saturated rings. The Morgan fingerprint density at radius 1 is 1.22 bits per heavy atom. The van der Waals surface area contributed by atoms with Crippen molar-refractivity contribution in [2.45, 2.75) is 13.3 Å². The van der Waals surface area contributed by atoms with Gasteiger partial charge in [-0.15, -0.1) is 0 Å². The summed E-state index contributed by atoms with van der Waals surface area (Å²) in [5.41, 5.74) is 1.30. The average molecular weight is 393 g/mol. The molecule has 0 aliphatic carbocycles. The molecule has 0 bridgehead atoms. The second kappa shape index (κ2) is 9.00. The Labute approximate surface area is 160 Å². The number of ether oxygens (including phenoxy) is 2. The van der Waals surface area contributed by atoms with E-state index in [1.807, 2.05) is 0 Å². The number of methoxy groups -OCH3 is 1. The Kier molecular flexibility index (Phi) is 6.73. The summed E-state index contributed by atoms with van der Waals surface area (Å²) < 4.78 is 10.1. The number of nitrogens with zero attached hydrogens (tertiary/aromatic N) is 1. The third-order valence-corrected chi connectivity index (χ3v) is 3.88. The zero-order valence-corrected chi connectivity index (χ0v) is 15.4. The van der Waals surface area contributed by atoms with E-state index >= 15 is 0 Å². The summed E-state index contributed by atoms with van der Waals surface area (Å²) in [5, 5.41) is 13.8. The van der Waals surface area contributed by atoms with Gasteiger partial charge in [0, 0.05) is 22.7 Å². The third-order valence-electron chi connectivity index (χ3n) is 3.65. The highest BCUT2D eigenvalue weighted by atomic mass is 35.5. The van der Waals surface area contributed by atoms with Crippen molar-refractivity contribution in [1.82, 2.24) is 0 Å². The minimum absolute atomic E-state index is 0.118. The van der Waals surface area contributed by atoms with Crippen LogP contribution in [0.25, 0.3) is 0 Å². The van der Waals surface area contributed by atoms with Crippen molar-refractivity contribution in [3.8, 4) is 5.75 Å². The zero-order chi connectivity index (χ0) is 20.0. The number of rotatable bonds is 7. The second-order valence-electron chi connectivity index (χ2n) is 5.60. The molecule has 0 heterocycles. The summed E-state index contributed by atoms with van der Waals surface area (Å²) in [7, 11) is 1.47. The number of nitro groups is 1. The first-order valence-corrected chi connectivity index (χ1v) is 8.21. The minimum Gasteiger partial charge on any atom is -0.496 e. The quantitative estimate of drug-likeness (QED) is 0.440. The molecule has 2 rings (SSSR count). The van der Waals surface area contributed by atoms with Gasteiger partial charge in [0.15, 0.2) is 6.61 Å². The fraction of sp³-hybridized carbons (Fsp3) is 0.222. The summed E-state index contributed by atoms with van der Waals surface area (Å²) in [6.45, 7) is 1.17. The second-order valence-corrected chi connectivity index (χ2v) is 6.03. The smallest absolute Gasteiger partial charge is 0.310 e. The van der Waals surface area contributed by atoms with E-state index in [1.165, 1.54) is 25.3 Å². The van der Waals surface area contributed by atoms with E-state index in [1.54, 1.807) is 25.1 Å². The number of nitrogens with one attached hydrogen (secondary N) is 1. The van der Waals surface area contributed by atoms with Gasteiger partial charge >= 0.3 is 5.97 Å². The molecule has 27 heavy (non-hydrogen) atoms. The van der Waals surface area contributed by atoms with Crippen molar-refractivity contribution in [2.24, 2.45) is 0 Å². The van der Waals surface area contributed by atoms with Crippen LogP contribution in [-0.4, -0.2) is 30.5 Å². The Morgan fingerprint density at radius 3 is 2.63 bits per heavy atom. The van der Waals surface area contributed by atoms with Crippen LogP contribution in [0, 0.1) is 17.0 Å². The first-order valence-electron chi connectivity index (χ1n) is 7.83. The van der Waals surface area contributed by atoms with Crippen LogP contribution in [-0.2, 0) is 20.7 Å². The van der Waals surface area contributed by atoms with Gasteiger partial charge in [-0.05, 0) is 30.7 Å². The molecule has 142 valence electrons. The van der Waals surface area contributed by atoms with Crippen LogP contribution in [0.4, 0.5) is 11.4 Å². The number of carbonyl (C=O) groups excluding carboxylic acids is 2. The molecule has 0 unspecified atom stereocenters. The van der Waals surface area contributed by atoms with Crippen molar-refractivity contribution >= 4 is 34.9 Å². The Hall–Kier alpha value is -3.13. The van der Waals surface area contributed by atoms with Crippen LogP contribution in [0.1, 0.15) is 11.1 Å². The first-order chi connectivity index (χ1) is 12.8. The van der Waals surface area contributed by atoms with Crippen molar-refractivity contribution in [1.29, 1.82) is 0 Å². The minimum atomic E-state index is -0.638. The number of halogens is 1. The maximum Gasteiger partial charge on any atom is 0.310 e. The standard InChI is InChI=1S/C18H17ClN2O6/c1-11-3-5-14(21(24)25)9-15(11)20-17(22)10-27-18(23)8-12-7-13(19)4-6-16(12)26-2/h3-7,9H,8,10H2,1-2H3,(H,20,22). The zero-order valence-electron chi connectivity index (χ0n) is 14.7. The fourth-order valence-electron chi connectivity index (χ4n) is 2.28. The highest BCUT2D eigenvalue weighted by Crippen LogP contribution is 2.24. The van der Waals surface area contributed by atoms with E-state index < -0.39 is 23.4 Å². The molecule has 0 saturated carbocycles. The van der Waals surface area contributed by atoms with E-state index in [0.717, 1.165) is 0 Å². The average Bonchev–Trinajstić information content (AvgIpc) is 2.62.